The summed E-state index contributed by atoms with van der Waals surface area (Å²) in [6.45, 7) is 20.4. The summed E-state index contributed by atoms with van der Waals surface area (Å²) >= 11 is 0. The van der Waals surface area contributed by atoms with Crippen LogP contribution in [0, 0.1) is 23.7 Å². The van der Waals surface area contributed by atoms with Gasteiger partial charge in [0.05, 0.1) is 0 Å². The van der Waals surface area contributed by atoms with Gasteiger partial charge in [-0.3, -0.25) is 0 Å². The van der Waals surface area contributed by atoms with Gasteiger partial charge < -0.3 is 0 Å². The van der Waals surface area contributed by atoms with Crippen LogP contribution in [0.25, 0.3) is 0 Å². The first kappa shape index (κ1) is 22.7. The molecule has 0 aliphatic heterocycles. The van der Waals surface area contributed by atoms with Crippen LogP contribution >= 0.6 is 0 Å². The molecule has 0 spiro atoms. The zero-order chi connectivity index (χ0) is 20.5. The van der Waals surface area contributed by atoms with E-state index < -0.39 is 0 Å². The SMILES string of the molecule is C=C(CC(CC)C(=C)C(C)Cc1ccccc1)C(C)CC(=C)C1CCCCC1. The van der Waals surface area contributed by atoms with E-state index in [1.807, 2.05) is 0 Å². The van der Waals surface area contributed by atoms with Gasteiger partial charge in [0.25, 0.3) is 0 Å². The van der Waals surface area contributed by atoms with Crippen LogP contribution in [0.1, 0.15) is 77.7 Å². The van der Waals surface area contributed by atoms with Gasteiger partial charge in [-0.1, -0.05) is 107 Å². The lowest BCUT2D eigenvalue weighted by molar-refractivity contribution is 0.386. The van der Waals surface area contributed by atoms with Gasteiger partial charge in [0, 0.05) is 0 Å². The third kappa shape index (κ3) is 6.80. The van der Waals surface area contributed by atoms with Gasteiger partial charge in [0.1, 0.15) is 0 Å². The first-order chi connectivity index (χ1) is 13.4. The average Bonchev–Trinajstić information content (AvgIpc) is 2.72. The molecular weight excluding hydrogens is 336 g/mol. The molecule has 0 saturated heterocycles. The molecule has 0 nitrogen and oxygen atoms in total. The van der Waals surface area contributed by atoms with Crippen molar-refractivity contribution in [3.63, 3.8) is 0 Å². The van der Waals surface area contributed by atoms with Gasteiger partial charge in [-0.2, -0.15) is 0 Å². The van der Waals surface area contributed by atoms with Crippen molar-refractivity contribution in [3.8, 4) is 0 Å². The van der Waals surface area contributed by atoms with Gasteiger partial charge in [0.2, 0.25) is 0 Å². The number of hydrogen-bond donors (Lipinski definition) is 0. The van der Waals surface area contributed by atoms with Crippen molar-refractivity contribution in [2.75, 3.05) is 0 Å². The minimum atomic E-state index is 0.507. The van der Waals surface area contributed by atoms with Crippen molar-refractivity contribution in [1.82, 2.24) is 0 Å². The third-order valence-corrected chi connectivity index (χ3v) is 6.99. The molecule has 0 bridgehead atoms. The van der Waals surface area contributed by atoms with E-state index in [-0.39, 0.29) is 0 Å². The van der Waals surface area contributed by atoms with Crippen molar-refractivity contribution < 1.29 is 0 Å². The number of hydrogen-bond acceptors (Lipinski definition) is 0. The quantitative estimate of drug-likeness (QED) is 0.338. The highest BCUT2D eigenvalue weighted by atomic mass is 14.3. The Kier molecular flexibility index (Phi) is 9.29. The van der Waals surface area contributed by atoms with E-state index in [0.29, 0.717) is 17.8 Å². The van der Waals surface area contributed by atoms with Crippen molar-refractivity contribution in [2.24, 2.45) is 23.7 Å². The summed E-state index contributed by atoms with van der Waals surface area (Å²) in [4.78, 5) is 0. The molecule has 1 aromatic carbocycles. The van der Waals surface area contributed by atoms with Gasteiger partial charge in [-0.05, 0) is 67.8 Å². The Bertz CT molecular complexity index is 629. The predicted molar refractivity (Wildman–Crippen MR) is 125 cm³/mol. The molecule has 1 saturated carbocycles. The summed E-state index contributed by atoms with van der Waals surface area (Å²) in [6.07, 6.45) is 11.3. The molecular formula is C28H42. The maximum atomic E-state index is 4.51. The first-order valence-electron chi connectivity index (χ1n) is 11.5. The van der Waals surface area contributed by atoms with Crippen LogP contribution in [-0.2, 0) is 6.42 Å². The third-order valence-electron chi connectivity index (χ3n) is 6.99. The summed E-state index contributed by atoms with van der Waals surface area (Å²) in [5.41, 5.74) is 5.65. The number of allylic oxidation sites excluding steroid dienone is 3. The minimum absolute atomic E-state index is 0.507. The Labute approximate surface area is 174 Å². The van der Waals surface area contributed by atoms with E-state index in [2.05, 4.69) is 70.8 Å². The maximum Gasteiger partial charge on any atom is -0.0169 e. The lowest BCUT2D eigenvalue weighted by Crippen LogP contribution is -2.16. The second kappa shape index (κ2) is 11.4. The van der Waals surface area contributed by atoms with Crippen LogP contribution < -0.4 is 0 Å². The molecule has 0 heterocycles. The normalized spacial score (nSPS) is 18.2. The van der Waals surface area contributed by atoms with Crippen molar-refractivity contribution in [2.45, 2.75) is 78.6 Å². The van der Waals surface area contributed by atoms with Crippen molar-refractivity contribution in [3.05, 3.63) is 72.4 Å². The smallest absolute Gasteiger partial charge is 0.0169 e. The molecule has 2 rings (SSSR count). The van der Waals surface area contributed by atoms with E-state index in [9.17, 15) is 0 Å². The van der Waals surface area contributed by atoms with E-state index in [0.717, 1.165) is 31.6 Å². The molecule has 1 aliphatic rings. The zero-order valence-corrected chi connectivity index (χ0v) is 18.7. The molecule has 1 fully saturated rings. The highest BCUT2D eigenvalue weighted by molar-refractivity contribution is 5.20. The molecule has 1 aliphatic carbocycles. The fourth-order valence-electron chi connectivity index (χ4n) is 4.77. The predicted octanol–water partition coefficient (Wildman–Crippen LogP) is 8.56. The highest BCUT2D eigenvalue weighted by Gasteiger charge is 2.22. The topological polar surface area (TPSA) is 0 Å². The van der Waals surface area contributed by atoms with Crippen LogP contribution in [0.2, 0.25) is 0 Å². The van der Waals surface area contributed by atoms with Crippen LogP contribution in [0.5, 0.6) is 0 Å². The van der Waals surface area contributed by atoms with Gasteiger partial charge in [0.15, 0.2) is 0 Å². The van der Waals surface area contributed by atoms with Crippen LogP contribution in [0.15, 0.2) is 66.8 Å². The van der Waals surface area contributed by atoms with Crippen molar-refractivity contribution >= 4 is 0 Å². The average molecular weight is 379 g/mol. The van der Waals surface area contributed by atoms with Crippen molar-refractivity contribution in [1.29, 1.82) is 0 Å². The fraction of sp³-hybridized carbons (Fsp3) is 0.571. The first-order valence-corrected chi connectivity index (χ1v) is 11.5. The van der Waals surface area contributed by atoms with E-state index >= 15 is 0 Å². The number of benzene rings is 1. The van der Waals surface area contributed by atoms with Crippen LogP contribution in [0.3, 0.4) is 0 Å². The second-order valence-electron chi connectivity index (χ2n) is 9.23. The fourth-order valence-corrected chi connectivity index (χ4v) is 4.77. The molecule has 0 amide bonds. The molecule has 3 atom stereocenters. The Balaban J connectivity index is 1.86. The molecule has 0 radical (unpaired) electrons. The molecule has 154 valence electrons. The van der Waals surface area contributed by atoms with Gasteiger partial charge in [-0.25, -0.2) is 0 Å². The molecule has 1 aromatic rings. The molecule has 28 heavy (non-hydrogen) atoms. The minimum Gasteiger partial charge on any atom is -0.0996 e. The molecule has 0 N–H and O–H groups in total. The lowest BCUT2D eigenvalue weighted by atomic mass is 9.77. The second-order valence-corrected chi connectivity index (χ2v) is 9.23. The molecule has 3 unspecified atom stereocenters. The largest absolute Gasteiger partial charge is 0.0996 e. The Hall–Kier alpha value is -1.56. The summed E-state index contributed by atoms with van der Waals surface area (Å²) in [7, 11) is 0. The monoisotopic (exact) mass is 378 g/mol. The van der Waals surface area contributed by atoms with E-state index in [4.69, 9.17) is 0 Å². The standard InChI is InChI=1S/C28H42/c1-7-27(25(6)23(4)19-26-14-10-8-11-15-26)20-22(3)21(2)18-24(5)28-16-12-9-13-17-28/h8,10-11,14-15,21,23,27-28H,3,5-7,9,12-13,16-20H2,1-2,4H3. The summed E-state index contributed by atoms with van der Waals surface area (Å²) in [5, 5.41) is 0. The van der Waals surface area contributed by atoms with Gasteiger partial charge in [-0.15, -0.1) is 0 Å². The summed E-state index contributed by atoms with van der Waals surface area (Å²) in [5.74, 6) is 2.33. The lowest BCUT2D eigenvalue weighted by Gasteiger charge is -2.29. The maximum absolute atomic E-state index is 4.51. The number of rotatable bonds is 11. The highest BCUT2D eigenvalue weighted by Crippen LogP contribution is 2.36. The summed E-state index contributed by atoms with van der Waals surface area (Å²) < 4.78 is 0. The van der Waals surface area contributed by atoms with Crippen LogP contribution in [-0.4, -0.2) is 0 Å². The van der Waals surface area contributed by atoms with E-state index in [1.165, 1.54) is 54.4 Å². The Morgan fingerprint density at radius 3 is 2.18 bits per heavy atom. The Morgan fingerprint density at radius 2 is 1.57 bits per heavy atom. The summed E-state index contributed by atoms with van der Waals surface area (Å²) in [6, 6.07) is 10.8. The van der Waals surface area contributed by atoms with E-state index in [1.54, 1.807) is 0 Å². The van der Waals surface area contributed by atoms with Gasteiger partial charge >= 0.3 is 0 Å². The van der Waals surface area contributed by atoms with Crippen LogP contribution in [0.4, 0.5) is 0 Å². The molecule has 0 aromatic heterocycles. The zero-order valence-electron chi connectivity index (χ0n) is 18.7. The molecule has 0 heteroatoms. The Morgan fingerprint density at radius 1 is 0.929 bits per heavy atom.